The lowest BCUT2D eigenvalue weighted by Gasteiger charge is -2.28. The Kier molecular flexibility index (Phi) is 8.68. The quantitative estimate of drug-likeness (QED) is 0.502. The first-order valence-electron chi connectivity index (χ1n) is 12.0. The van der Waals surface area contributed by atoms with Crippen molar-refractivity contribution in [2.75, 3.05) is 19.7 Å². The molecule has 0 spiro atoms. The molecule has 0 bridgehead atoms. The maximum atomic E-state index is 13.1. The number of aliphatic carboxylic acids is 1. The predicted octanol–water partition coefficient (Wildman–Crippen LogP) is 4.65. The Morgan fingerprint density at radius 3 is 2.15 bits per heavy atom. The number of carboxylic acid groups (broad SMARTS) is 1. The molecular weight excluding hydrogens is 432 g/mol. The van der Waals surface area contributed by atoms with Crippen LogP contribution in [0, 0.1) is 5.92 Å². The molecule has 7 heteroatoms. The first-order chi connectivity index (χ1) is 16.3. The zero-order valence-corrected chi connectivity index (χ0v) is 20.1. The SMILES string of the molecule is CCCN(CC(=O)O)C(=O)C(CC(C)CC)NC(=O)OCC1c2ccccc2-c2ccccc21. The second kappa shape index (κ2) is 11.7. The molecule has 2 atom stereocenters. The molecule has 1 aliphatic rings. The summed E-state index contributed by atoms with van der Waals surface area (Å²) in [5, 5.41) is 11.9. The van der Waals surface area contributed by atoms with Crippen LogP contribution in [0.15, 0.2) is 48.5 Å². The molecule has 0 fully saturated rings. The highest BCUT2D eigenvalue weighted by atomic mass is 16.5. The van der Waals surface area contributed by atoms with Gasteiger partial charge in [-0.3, -0.25) is 9.59 Å². The van der Waals surface area contributed by atoms with Gasteiger partial charge in [0.05, 0.1) is 0 Å². The Bertz CT molecular complexity index is 976. The van der Waals surface area contributed by atoms with E-state index in [1.807, 2.05) is 57.2 Å². The minimum Gasteiger partial charge on any atom is -0.480 e. The van der Waals surface area contributed by atoms with Crippen molar-refractivity contribution in [2.24, 2.45) is 5.92 Å². The fourth-order valence-corrected chi connectivity index (χ4v) is 4.49. The zero-order valence-electron chi connectivity index (χ0n) is 20.1. The number of benzene rings is 2. The highest BCUT2D eigenvalue weighted by Gasteiger charge is 2.31. The summed E-state index contributed by atoms with van der Waals surface area (Å²) in [6.45, 7) is 5.97. The molecule has 7 nitrogen and oxygen atoms in total. The topological polar surface area (TPSA) is 95.9 Å². The first kappa shape index (κ1) is 25.3. The van der Waals surface area contributed by atoms with Crippen LogP contribution in [0.5, 0.6) is 0 Å². The molecule has 2 aromatic rings. The Morgan fingerprint density at radius 1 is 1.03 bits per heavy atom. The Morgan fingerprint density at radius 2 is 1.62 bits per heavy atom. The van der Waals surface area contributed by atoms with Crippen molar-refractivity contribution in [1.29, 1.82) is 0 Å². The molecule has 2 unspecified atom stereocenters. The molecule has 3 rings (SSSR count). The summed E-state index contributed by atoms with van der Waals surface area (Å²) in [5.74, 6) is -1.37. The van der Waals surface area contributed by atoms with Gasteiger partial charge in [-0.05, 0) is 41.0 Å². The van der Waals surface area contributed by atoms with Gasteiger partial charge < -0.3 is 20.1 Å². The second-order valence-electron chi connectivity index (χ2n) is 8.93. The summed E-state index contributed by atoms with van der Waals surface area (Å²) in [5.41, 5.74) is 4.50. The van der Waals surface area contributed by atoms with E-state index in [1.54, 1.807) is 0 Å². The van der Waals surface area contributed by atoms with E-state index in [4.69, 9.17) is 4.74 Å². The van der Waals surface area contributed by atoms with Gasteiger partial charge in [-0.1, -0.05) is 75.7 Å². The fraction of sp³-hybridized carbons (Fsp3) is 0.444. The number of nitrogens with one attached hydrogen (secondary N) is 1. The molecule has 2 N–H and O–H groups in total. The smallest absolute Gasteiger partial charge is 0.407 e. The number of carboxylic acids is 1. The van der Waals surface area contributed by atoms with Crippen LogP contribution in [-0.2, 0) is 14.3 Å². The third-order valence-corrected chi connectivity index (χ3v) is 6.40. The number of hydrogen-bond acceptors (Lipinski definition) is 4. The van der Waals surface area contributed by atoms with Crippen molar-refractivity contribution in [2.45, 2.75) is 52.0 Å². The number of ether oxygens (including phenoxy) is 1. The van der Waals surface area contributed by atoms with Gasteiger partial charge in [0.25, 0.3) is 0 Å². The third-order valence-electron chi connectivity index (χ3n) is 6.40. The summed E-state index contributed by atoms with van der Waals surface area (Å²) in [6, 6.07) is 15.3. The van der Waals surface area contributed by atoms with Gasteiger partial charge >= 0.3 is 12.1 Å². The number of hydrogen-bond donors (Lipinski definition) is 2. The molecule has 2 amide bonds. The van der Waals surface area contributed by atoms with Gasteiger partial charge in [0, 0.05) is 12.5 Å². The summed E-state index contributed by atoms with van der Waals surface area (Å²) >= 11 is 0. The highest BCUT2D eigenvalue weighted by molar-refractivity contribution is 5.88. The van der Waals surface area contributed by atoms with Crippen LogP contribution >= 0.6 is 0 Å². The van der Waals surface area contributed by atoms with Crippen molar-refractivity contribution in [1.82, 2.24) is 10.2 Å². The monoisotopic (exact) mass is 466 g/mol. The molecule has 0 saturated carbocycles. The lowest BCUT2D eigenvalue weighted by Crippen LogP contribution is -2.51. The van der Waals surface area contributed by atoms with Crippen LogP contribution in [0.1, 0.15) is 57.1 Å². The number of rotatable bonds is 11. The summed E-state index contributed by atoms with van der Waals surface area (Å²) < 4.78 is 5.62. The molecule has 0 aromatic heterocycles. The normalized spacial score (nSPS) is 14.0. The molecule has 0 heterocycles. The van der Waals surface area contributed by atoms with Gasteiger partial charge in [0.2, 0.25) is 5.91 Å². The molecule has 34 heavy (non-hydrogen) atoms. The number of carbonyl (C=O) groups is 3. The summed E-state index contributed by atoms with van der Waals surface area (Å²) in [4.78, 5) is 38.5. The van der Waals surface area contributed by atoms with Crippen molar-refractivity contribution in [3.8, 4) is 11.1 Å². The number of fused-ring (bicyclic) bond motifs is 3. The van der Waals surface area contributed by atoms with Crippen LogP contribution in [0.3, 0.4) is 0 Å². The Hall–Kier alpha value is -3.35. The lowest BCUT2D eigenvalue weighted by atomic mass is 9.98. The van der Waals surface area contributed by atoms with E-state index < -0.39 is 30.6 Å². The zero-order chi connectivity index (χ0) is 24.7. The van der Waals surface area contributed by atoms with E-state index >= 15 is 0 Å². The molecule has 182 valence electrons. The highest BCUT2D eigenvalue weighted by Crippen LogP contribution is 2.44. The van der Waals surface area contributed by atoms with Crippen molar-refractivity contribution in [3.63, 3.8) is 0 Å². The average molecular weight is 467 g/mol. The minimum absolute atomic E-state index is 0.0783. The molecule has 0 saturated heterocycles. The molecule has 2 aromatic carbocycles. The second-order valence-corrected chi connectivity index (χ2v) is 8.93. The number of amides is 2. The van der Waals surface area contributed by atoms with Gasteiger partial charge in [-0.25, -0.2) is 4.79 Å². The van der Waals surface area contributed by atoms with E-state index in [0.29, 0.717) is 19.4 Å². The third kappa shape index (κ3) is 5.95. The lowest BCUT2D eigenvalue weighted by molar-refractivity contribution is -0.145. The number of alkyl carbamates (subject to hydrolysis) is 1. The van der Waals surface area contributed by atoms with Crippen LogP contribution in [0.25, 0.3) is 11.1 Å². The number of carbonyl (C=O) groups excluding carboxylic acids is 2. The molecule has 0 radical (unpaired) electrons. The molecular formula is C27H34N2O5. The van der Waals surface area contributed by atoms with Crippen LogP contribution < -0.4 is 5.32 Å². The van der Waals surface area contributed by atoms with E-state index in [0.717, 1.165) is 28.7 Å². The van der Waals surface area contributed by atoms with E-state index in [2.05, 4.69) is 17.4 Å². The number of nitrogens with zero attached hydrogens (tertiary/aromatic N) is 1. The van der Waals surface area contributed by atoms with Crippen molar-refractivity contribution in [3.05, 3.63) is 59.7 Å². The molecule has 1 aliphatic carbocycles. The standard InChI is InChI=1S/C27H34N2O5/c1-4-14-29(16-25(30)31)26(32)24(15-18(3)5-2)28-27(33)34-17-23-21-12-8-6-10-19(21)20-11-7-9-13-22(20)23/h6-13,18,23-24H,4-5,14-17H2,1-3H3,(H,28,33)(H,30,31). The first-order valence-corrected chi connectivity index (χ1v) is 12.0. The summed E-state index contributed by atoms with van der Waals surface area (Å²) in [6.07, 6.45) is 1.21. The van der Waals surface area contributed by atoms with Gasteiger partial charge in [0.15, 0.2) is 0 Å². The van der Waals surface area contributed by atoms with Crippen LogP contribution in [-0.4, -0.2) is 53.7 Å². The average Bonchev–Trinajstić information content (AvgIpc) is 3.15. The Labute approximate surface area is 201 Å². The minimum atomic E-state index is -1.08. The fourth-order valence-electron chi connectivity index (χ4n) is 4.49. The van der Waals surface area contributed by atoms with Crippen LogP contribution in [0.2, 0.25) is 0 Å². The van der Waals surface area contributed by atoms with Gasteiger partial charge in [-0.15, -0.1) is 0 Å². The predicted molar refractivity (Wildman–Crippen MR) is 131 cm³/mol. The van der Waals surface area contributed by atoms with E-state index in [1.165, 1.54) is 4.90 Å². The van der Waals surface area contributed by atoms with E-state index in [-0.39, 0.29) is 18.4 Å². The maximum Gasteiger partial charge on any atom is 0.407 e. The maximum absolute atomic E-state index is 13.1. The molecule has 0 aliphatic heterocycles. The van der Waals surface area contributed by atoms with Crippen LogP contribution in [0.4, 0.5) is 4.79 Å². The van der Waals surface area contributed by atoms with Crippen molar-refractivity contribution < 1.29 is 24.2 Å². The van der Waals surface area contributed by atoms with Gasteiger partial charge in [0.1, 0.15) is 19.2 Å². The van der Waals surface area contributed by atoms with Crippen molar-refractivity contribution >= 4 is 18.0 Å². The van der Waals surface area contributed by atoms with Gasteiger partial charge in [-0.2, -0.15) is 0 Å². The largest absolute Gasteiger partial charge is 0.480 e. The Balaban J connectivity index is 1.71. The van der Waals surface area contributed by atoms with E-state index in [9.17, 15) is 19.5 Å². The summed E-state index contributed by atoms with van der Waals surface area (Å²) in [7, 11) is 0.